The number of fused-ring (bicyclic) bond motifs is 1. The maximum atomic E-state index is 12.3. The summed E-state index contributed by atoms with van der Waals surface area (Å²) in [5, 5.41) is 13.9. The molecule has 0 unspecified atom stereocenters. The van der Waals surface area contributed by atoms with E-state index in [4.69, 9.17) is 5.11 Å². The first-order valence-corrected chi connectivity index (χ1v) is 9.05. The van der Waals surface area contributed by atoms with E-state index in [1.807, 2.05) is 0 Å². The first-order chi connectivity index (χ1) is 11.8. The van der Waals surface area contributed by atoms with Crippen LogP contribution in [-0.2, 0) is 24.0 Å². The fraction of sp³-hybridized carbons (Fsp3) is 0.462. The van der Waals surface area contributed by atoms with Crippen molar-refractivity contribution in [2.75, 3.05) is 18.2 Å². The van der Waals surface area contributed by atoms with Gasteiger partial charge >= 0.3 is 6.16 Å². The number of alkyl halides is 1. The molecule has 0 radical (unpaired) electrons. The largest absolute Gasteiger partial charge is 0.512 e. The Kier molecular flexibility index (Phi) is 6.06. The van der Waals surface area contributed by atoms with Crippen LogP contribution in [0.2, 0.25) is 0 Å². The van der Waals surface area contributed by atoms with E-state index >= 15 is 0 Å². The molecule has 12 heteroatoms. The zero-order valence-electron chi connectivity index (χ0n) is 13.1. The fourth-order valence-electron chi connectivity index (χ4n) is 2.26. The van der Waals surface area contributed by atoms with Crippen LogP contribution in [0.3, 0.4) is 0 Å². The van der Waals surface area contributed by atoms with Crippen LogP contribution in [0.25, 0.3) is 0 Å². The number of carbonyl (C=O) groups is 4. The molecule has 2 atom stereocenters. The molecule has 2 rings (SSSR count). The van der Waals surface area contributed by atoms with Gasteiger partial charge in [0.1, 0.15) is 18.5 Å². The third kappa shape index (κ3) is 3.79. The summed E-state index contributed by atoms with van der Waals surface area (Å²) in [6.45, 7) is 1.65. The number of Topliss-reactive ketones (excluding diaryl/α,β-unsaturated/α-hetero) is 1. The van der Waals surface area contributed by atoms with Crippen molar-refractivity contribution in [3.8, 4) is 0 Å². The topological polar surface area (TPSA) is 135 Å². The summed E-state index contributed by atoms with van der Waals surface area (Å²) in [7, 11) is 1.19. The molecule has 2 amide bonds. The Morgan fingerprint density at radius 2 is 2.16 bits per heavy atom. The third-order valence-electron chi connectivity index (χ3n) is 3.35. The van der Waals surface area contributed by atoms with Crippen LogP contribution in [0.15, 0.2) is 16.6 Å². The number of thioether (sulfide) groups is 1. The van der Waals surface area contributed by atoms with Crippen LogP contribution in [0, 0.1) is 0 Å². The smallest absolute Gasteiger partial charge is 0.449 e. The molecule has 10 nitrogen and oxygen atoms in total. The van der Waals surface area contributed by atoms with Gasteiger partial charge in [0.25, 0.3) is 11.8 Å². The predicted octanol–water partition coefficient (Wildman–Crippen LogP) is 0.279. The summed E-state index contributed by atoms with van der Waals surface area (Å²) < 4.78 is 4.67. The number of carboxylic acid groups (broad SMARTS) is 1. The van der Waals surface area contributed by atoms with Gasteiger partial charge in [0, 0.05) is 5.75 Å². The summed E-state index contributed by atoms with van der Waals surface area (Å²) in [5.74, 6) is -1.61. The normalized spacial score (nSPS) is 22.8. The molecule has 1 fully saturated rings. The second-order valence-corrected chi connectivity index (χ2v) is 6.66. The highest BCUT2D eigenvalue weighted by atomic mass is 79.9. The fourth-order valence-corrected chi connectivity index (χ4v) is 3.80. The number of rotatable bonds is 6. The molecule has 25 heavy (non-hydrogen) atoms. The molecule has 1 saturated heterocycles. The first kappa shape index (κ1) is 19.2. The van der Waals surface area contributed by atoms with Gasteiger partial charge in [-0.05, 0) is 12.5 Å². The van der Waals surface area contributed by atoms with Gasteiger partial charge < -0.3 is 20.0 Å². The zero-order chi connectivity index (χ0) is 18.7. The van der Waals surface area contributed by atoms with E-state index in [0.29, 0.717) is 11.3 Å². The van der Waals surface area contributed by atoms with Gasteiger partial charge in [-0.25, -0.2) is 4.79 Å². The van der Waals surface area contributed by atoms with Crippen molar-refractivity contribution in [1.82, 2.24) is 10.2 Å². The zero-order valence-corrected chi connectivity index (χ0v) is 15.5. The Labute approximate surface area is 154 Å². The second-order valence-electron chi connectivity index (χ2n) is 4.99. The third-order valence-corrected chi connectivity index (χ3v) is 5.28. The lowest BCUT2D eigenvalue weighted by Gasteiger charge is -2.48. The van der Waals surface area contributed by atoms with Crippen LogP contribution in [-0.4, -0.2) is 69.1 Å². The molecular formula is C13H14BrN3O7S. The van der Waals surface area contributed by atoms with Gasteiger partial charge in [-0.15, -0.1) is 11.8 Å². The number of halogens is 1. The molecule has 0 saturated carbocycles. The maximum absolute atomic E-state index is 12.3. The minimum atomic E-state index is -1.53. The molecule has 0 aromatic rings. The van der Waals surface area contributed by atoms with E-state index in [0.717, 1.165) is 0 Å². The number of ether oxygens (including phenoxy) is 1. The summed E-state index contributed by atoms with van der Waals surface area (Å²) >= 11 is 4.27. The molecule has 2 aliphatic heterocycles. The van der Waals surface area contributed by atoms with Crippen LogP contribution in [0.5, 0.6) is 0 Å². The van der Waals surface area contributed by atoms with E-state index in [2.05, 4.69) is 36.0 Å². The Bertz CT molecular complexity index is 693. The molecule has 2 heterocycles. The number of hydrogen-bond donors (Lipinski definition) is 2. The van der Waals surface area contributed by atoms with E-state index < -0.39 is 40.9 Å². The van der Waals surface area contributed by atoms with E-state index in [1.165, 1.54) is 23.8 Å². The van der Waals surface area contributed by atoms with Gasteiger partial charge in [-0.3, -0.25) is 19.3 Å². The highest BCUT2D eigenvalue weighted by Gasteiger charge is 2.54. The average Bonchev–Trinajstić information content (AvgIpc) is 2.57. The summed E-state index contributed by atoms with van der Waals surface area (Å²) in [5.41, 5.74) is 0.123. The van der Waals surface area contributed by atoms with Gasteiger partial charge in [-0.2, -0.15) is 0 Å². The van der Waals surface area contributed by atoms with E-state index in [9.17, 15) is 19.2 Å². The Morgan fingerprint density at radius 1 is 1.48 bits per heavy atom. The quantitative estimate of drug-likeness (QED) is 0.151. The van der Waals surface area contributed by atoms with Crippen molar-refractivity contribution in [2.45, 2.75) is 18.3 Å². The first-order valence-electron chi connectivity index (χ1n) is 6.88. The summed E-state index contributed by atoms with van der Waals surface area (Å²) in [4.78, 5) is 52.6. The lowest BCUT2D eigenvalue weighted by molar-refractivity contribution is -0.148. The molecule has 2 N–H and O–H groups in total. The van der Waals surface area contributed by atoms with Gasteiger partial charge in [-0.1, -0.05) is 21.1 Å². The van der Waals surface area contributed by atoms with Crippen LogP contribution < -0.4 is 5.32 Å². The van der Waals surface area contributed by atoms with E-state index in [-0.39, 0.29) is 11.2 Å². The van der Waals surface area contributed by atoms with Crippen LogP contribution in [0.4, 0.5) is 4.79 Å². The van der Waals surface area contributed by atoms with Gasteiger partial charge in [0.05, 0.1) is 5.33 Å². The summed E-state index contributed by atoms with van der Waals surface area (Å²) in [6, 6.07) is -0.928. The lowest BCUT2D eigenvalue weighted by atomic mass is 10.1. The minimum absolute atomic E-state index is 0.0472. The number of oxime groups is 1. The predicted molar refractivity (Wildman–Crippen MR) is 90.1 cm³/mol. The van der Waals surface area contributed by atoms with E-state index in [1.54, 1.807) is 6.92 Å². The molecule has 0 aliphatic carbocycles. The van der Waals surface area contributed by atoms with Crippen molar-refractivity contribution in [2.24, 2.45) is 5.16 Å². The van der Waals surface area contributed by atoms with Crippen LogP contribution in [0.1, 0.15) is 6.92 Å². The number of amides is 2. The van der Waals surface area contributed by atoms with Crippen molar-refractivity contribution in [3.63, 3.8) is 0 Å². The highest BCUT2D eigenvalue weighted by Crippen LogP contribution is 2.40. The molecule has 0 aromatic heterocycles. The van der Waals surface area contributed by atoms with Crippen molar-refractivity contribution >= 4 is 57.2 Å². The second kappa shape index (κ2) is 7.87. The molecule has 0 aromatic carbocycles. The minimum Gasteiger partial charge on any atom is -0.449 e. The SMILES string of the molecule is CO/N=C(/C(=O)CBr)C(=O)N[C@@H]1C(=O)N2C(OC(=O)O)=C(C)CS[C@H]12. The lowest BCUT2D eigenvalue weighted by Crippen LogP contribution is -2.70. The number of nitrogens with zero attached hydrogens (tertiary/aromatic N) is 2. The van der Waals surface area contributed by atoms with Gasteiger partial charge in [0.2, 0.25) is 17.4 Å². The Morgan fingerprint density at radius 3 is 2.72 bits per heavy atom. The molecular weight excluding hydrogens is 422 g/mol. The molecule has 2 aliphatic rings. The standard InChI is InChI=1S/C13H14BrN3O7S/c1-5-4-25-12-8(10(20)17(12)11(5)24-13(21)22)15-9(19)7(16-23-2)6(18)3-14/h8,12H,3-4H2,1-2H3,(H,15,19)(H,21,22)/b16-7-/t8-,12-/m1/s1. The Balaban J connectivity index is 2.13. The average molecular weight is 436 g/mol. The molecule has 0 spiro atoms. The monoisotopic (exact) mass is 435 g/mol. The molecule has 0 bridgehead atoms. The number of hydrogen-bond acceptors (Lipinski definition) is 8. The molecule has 136 valence electrons. The van der Waals surface area contributed by atoms with Crippen molar-refractivity contribution in [3.05, 3.63) is 11.5 Å². The Hall–Kier alpha value is -2.08. The number of β-lactam (4-membered cyclic amide) rings is 1. The maximum Gasteiger partial charge on any atom is 0.512 e. The highest BCUT2D eigenvalue weighted by molar-refractivity contribution is 9.09. The number of carbonyl (C=O) groups excluding carboxylic acids is 3. The number of ketones is 1. The van der Waals surface area contributed by atoms with Crippen molar-refractivity contribution < 1.29 is 33.9 Å². The number of nitrogens with one attached hydrogen (secondary N) is 1. The van der Waals surface area contributed by atoms with Crippen molar-refractivity contribution in [1.29, 1.82) is 0 Å². The van der Waals surface area contributed by atoms with Gasteiger partial charge in [0.15, 0.2) is 0 Å². The van der Waals surface area contributed by atoms with Crippen LogP contribution >= 0.6 is 27.7 Å². The summed E-state index contributed by atoms with van der Waals surface area (Å²) in [6.07, 6.45) is -1.53.